The van der Waals surface area contributed by atoms with Gasteiger partial charge in [0.15, 0.2) is 0 Å². The van der Waals surface area contributed by atoms with Crippen LogP contribution in [0.5, 0.6) is 0 Å². The van der Waals surface area contributed by atoms with Gasteiger partial charge in [-0.3, -0.25) is 4.79 Å². The molecule has 112 valence electrons. The first kappa shape index (κ1) is 16.2. The Bertz CT molecular complexity index is 424. The molecule has 1 heterocycles. The normalized spacial score (nSPS) is 22.4. The highest BCUT2D eigenvalue weighted by Crippen LogP contribution is 2.23. The Morgan fingerprint density at radius 3 is 2.53 bits per heavy atom. The minimum absolute atomic E-state index is 0.0329. The lowest BCUT2D eigenvalue weighted by Crippen LogP contribution is -2.51. The van der Waals surface area contributed by atoms with Gasteiger partial charge in [-0.15, -0.1) is 0 Å². The second-order valence-electron chi connectivity index (χ2n) is 4.30. The highest BCUT2D eigenvalue weighted by Gasteiger charge is 2.36. The van der Waals surface area contributed by atoms with Gasteiger partial charge in [-0.1, -0.05) is 6.42 Å². The van der Waals surface area contributed by atoms with Gasteiger partial charge in [-0.25, -0.2) is 0 Å². The van der Waals surface area contributed by atoms with Crippen LogP contribution in [-0.4, -0.2) is 49.1 Å². The number of carboxylic acid groups (broad SMARTS) is 1. The monoisotopic (exact) mass is 304 g/mol. The average Bonchev–Trinajstić information content (AvgIpc) is 2.25. The fourth-order valence-electron chi connectivity index (χ4n) is 1.95. The van der Waals surface area contributed by atoms with Gasteiger partial charge in [-0.2, -0.15) is 30.6 Å². The number of alkyl halides is 3. The van der Waals surface area contributed by atoms with E-state index in [9.17, 15) is 26.4 Å². The summed E-state index contributed by atoms with van der Waals surface area (Å²) in [4.78, 5) is 10.6. The van der Waals surface area contributed by atoms with Crippen LogP contribution in [0.1, 0.15) is 25.7 Å². The van der Waals surface area contributed by atoms with Crippen LogP contribution in [0, 0.1) is 0 Å². The first-order chi connectivity index (χ1) is 8.62. The van der Waals surface area contributed by atoms with E-state index in [1.807, 2.05) is 0 Å². The molecule has 0 saturated carbocycles. The summed E-state index contributed by atoms with van der Waals surface area (Å²) in [5, 5.41) is 8.69. The number of halogens is 3. The third kappa shape index (κ3) is 5.33. The number of piperidine rings is 1. The maximum Gasteiger partial charge on any atom is 0.402 e. The number of hydrogen-bond donors (Lipinski definition) is 2. The van der Waals surface area contributed by atoms with Crippen molar-refractivity contribution in [3.8, 4) is 0 Å². The molecule has 1 rings (SSSR count). The van der Waals surface area contributed by atoms with Crippen molar-refractivity contribution < 1.29 is 31.5 Å². The van der Waals surface area contributed by atoms with Crippen LogP contribution in [0.4, 0.5) is 13.2 Å². The smallest absolute Gasteiger partial charge is 0.402 e. The van der Waals surface area contributed by atoms with E-state index in [0.29, 0.717) is 19.3 Å². The van der Waals surface area contributed by atoms with Crippen molar-refractivity contribution in [2.45, 2.75) is 37.9 Å². The molecule has 0 amide bonds. The molecule has 10 heteroatoms. The van der Waals surface area contributed by atoms with Gasteiger partial charge in [0.25, 0.3) is 10.2 Å². The summed E-state index contributed by atoms with van der Waals surface area (Å²) in [6.45, 7) is -1.63. The zero-order valence-electron chi connectivity index (χ0n) is 9.98. The molecule has 0 bridgehead atoms. The molecular weight excluding hydrogens is 289 g/mol. The molecule has 1 atom stereocenters. The Kier molecular flexibility index (Phi) is 5.16. The van der Waals surface area contributed by atoms with Crippen molar-refractivity contribution in [1.29, 1.82) is 0 Å². The first-order valence-corrected chi connectivity index (χ1v) is 7.11. The summed E-state index contributed by atoms with van der Waals surface area (Å²) in [6, 6.07) is -0.794. The number of rotatable bonds is 5. The van der Waals surface area contributed by atoms with Crippen molar-refractivity contribution in [2.75, 3.05) is 13.1 Å². The van der Waals surface area contributed by atoms with Crippen molar-refractivity contribution in [3.05, 3.63) is 0 Å². The van der Waals surface area contributed by atoms with Gasteiger partial charge in [0, 0.05) is 12.6 Å². The minimum Gasteiger partial charge on any atom is -0.481 e. The quantitative estimate of drug-likeness (QED) is 0.783. The number of aliphatic carboxylic acids is 1. The van der Waals surface area contributed by atoms with E-state index >= 15 is 0 Å². The lowest BCUT2D eigenvalue weighted by atomic mass is 10.0. The number of carbonyl (C=O) groups is 1. The van der Waals surface area contributed by atoms with E-state index < -0.39 is 41.4 Å². The topological polar surface area (TPSA) is 86.7 Å². The van der Waals surface area contributed by atoms with E-state index in [-0.39, 0.29) is 6.54 Å². The van der Waals surface area contributed by atoms with Gasteiger partial charge in [0.05, 0.1) is 6.42 Å². The third-order valence-corrected chi connectivity index (χ3v) is 4.35. The Morgan fingerprint density at radius 1 is 1.37 bits per heavy atom. The maximum atomic E-state index is 12.0. The van der Waals surface area contributed by atoms with Crippen LogP contribution in [0.2, 0.25) is 0 Å². The van der Waals surface area contributed by atoms with Gasteiger partial charge in [0.2, 0.25) is 0 Å². The molecule has 6 nitrogen and oxygen atoms in total. The highest BCUT2D eigenvalue weighted by atomic mass is 32.2. The van der Waals surface area contributed by atoms with Crippen LogP contribution < -0.4 is 4.72 Å². The van der Waals surface area contributed by atoms with Crippen LogP contribution >= 0.6 is 0 Å². The lowest BCUT2D eigenvalue weighted by molar-refractivity contribution is -0.138. The van der Waals surface area contributed by atoms with Crippen molar-refractivity contribution in [3.63, 3.8) is 0 Å². The van der Waals surface area contributed by atoms with Gasteiger partial charge >= 0.3 is 12.1 Å². The summed E-state index contributed by atoms with van der Waals surface area (Å²) < 4.78 is 61.8. The molecule has 1 unspecified atom stereocenters. The van der Waals surface area contributed by atoms with Gasteiger partial charge < -0.3 is 5.11 Å². The summed E-state index contributed by atoms with van der Waals surface area (Å²) in [5.74, 6) is -1.18. The van der Waals surface area contributed by atoms with E-state index in [1.165, 1.54) is 4.72 Å². The number of hydrogen-bond acceptors (Lipinski definition) is 3. The van der Waals surface area contributed by atoms with Crippen LogP contribution in [-0.2, 0) is 15.0 Å². The molecular formula is C9H15F3N2O4S. The zero-order chi connectivity index (χ0) is 14.7. The summed E-state index contributed by atoms with van der Waals surface area (Å²) in [6.07, 6.45) is -3.57. The molecule has 1 saturated heterocycles. The summed E-state index contributed by atoms with van der Waals surface area (Å²) >= 11 is 0. The number of nitrogens with zero attached hydrogens (tertiary/aromatic N) is 1. The van der Waals surface area contributed by atoms with Gasteiger partial charge in [0.1, 0.15) is 6.54 Å². The molecule has 1 aliphatic heterocycles. The highest BCUT2D eigenvalue weighted by molar-refractivity contribution is 7.87. The molecule has 0 aliphatic carbocycles. The number of carboxylic acids is 1. The van der Waals surface area contributed by atoms with Crippen molar-refractivity contribution in [2.24, 2.45) is 0 Å². The van der Waals surface area contributed by atoms with Crippen molar-refractivity contribution in [1.82, 2.24) is 9.03 Å². The van der Waals surface area contributed by atoms with E-state index in [4.69, 9.17) is 5.11 Å². The zero-order valence-corrected chi connectivity index (χ0v) is 10.8. The van der Waals surface area contributed by atoms with Crippen LogP contribution in [0.15, 0.2) is 0 Å². The fraction of sp³-hybridized carbons (Fsp3) is 0.889. The third-order valence-electron chi connectivity index (χ3n) is 2.75. The Balaban J connectivity index is 2.75. The molecule has 0 aromatic rings. The molecule has 0 radical (unpaired) electrons. The second kappa shape index (κ2) is 6.06. The summed E-state index contributed by atoms with van der Waals surface area (Å²) in [7, 11) is -4.31. The predicted molar refractivity (Wildman–Crippen MR) is 59.6 cm³/mol. The van der Waals surface area contributed by atoms with Crippen LogP contribution in [0.3, 0.4) is 0 Å². The minimum atomic E-state index is -4.65. The van der Waals surface area contributed by atoms with Gasteiger partial charge in [-0.05, 0) is 12.8 Å². The standard InChI is InChI=1S/C9H15F3N2O4S/c10-9(11,12)6-13-19(17,18)14-4-2-1-3-7(14)5-8(15)16/h7,13H,1-6H2,(H,15,16). The van der Waals surface area contributed by atoms with E-state index in [0.717, 1.165) is 4.31 Å². The Labute approximate surface area is 108 Å². The molecule has 0 aromatic heterocycles. The first-order valence-electron chi connectivity index (χ1n) is 5.67. The average molecular weight is 304 g/mol. The SMILES string of the molecule is O=C(O)CC1CCCCN1S(=O)(=O)NCC(F)(F)F. The Hall–Kier alpha value is -0.870. The predicted octanol–water partition coefficient (Wildman–Crippen LogP) is 0.712. The summed E-state index contributed by atoms with van der Waals surface area (Å²) in [5.41, 5.74) is 0. The Morgan fingerprint density at radius 2 is 2.00 bits per heavy atom. The number of nitrogens with one attached hydrogen (secondary N) is 1. The molecule has 2 N–H and O–H groups in total. The molecule has 19 heavy (non-hydrogen) atoms. The molecule has 1 fully saturated rings. The molecule has 1 aliphatic rings. The van der Waals surface area contributed by atoms with E-state index in [2.05, 4.69) is 0 Å². The molecule has 0 spiro atoms. The lowest BCUT2D eigenvalue weighted by Gasteiger charge is -2.33. The van der Waals surface area contributed by atoms with E-state index in [1.54, 1.807) is 0 Å². The van der Waals surface area contributed by atoms with Crippen LogP contribution in [0.25, 0.3) is 0 Å². The maximum absolute atomic E-state index is 12.0. The van der Waals surface area contributed by atoms with Crippen molar-refractivity contribution >= 4 is 16.2 Å². The molecule has 0 aromatic carbocycles. The second-order valence-corrected chi connectivity index (χ2v) is 6.01. The fourth-order valence-corrected chi connectivity index (χ4v) is 3.41. The largest absolute Gasteiger partial charge is 0.481 e.